The van der Waals surface area contributed by atoms with E-state index < -0.39 is 0 Å². The van der Waals surface area contributed by atoms with Crippen molar-refractivity contribution in [3.8, 4) is 0 Å². The predicted octanol–water partition coefficient (Wildman–Crippen LogP) is 1.05. The highest BCUT2D eigenvalue weighted by Crippen LogP contribution is 2.18. The molecule has 1 fully saturated rings. The molecule has 2 heterocycles. The number of rotatable bonds is 7. The Bertz CT molecular complexity index is 362. The molecule has 1 aromatic rings. The lowest BCUT2D eigenvalue weighted by Crippen LogP contribution is -2.44. The smallest absolute Gasteiger partial charge is 0.165 e. The Morgan fingerprint density at radius 1 is 1.37 bits per heavy atom. The average Bonchev–Trinajstić information content (AvgIpc) is 2.86. The number of aryl methyl sites for hydroxylation is 1. The van der Waals surface area contributed by atoms with Gasteiger partial charge in [0.1, 0.15) is 0 Å². The van der Waals surface area contributed by atoms with Gasteiger partial charge in [0.2, 0.25) is 0 Å². The predicted molar refractivity (Wildman–Crippen MR) is 74.7 cm³/mol. The largest absolute Gasteiger partial charge is 0.318 e. The van der Waals surface area contributed by atoms with Crippen LogP contribution in [-0.2, 0) is 13.1 Å². The monoisotopic (exact) mass is 266 g/mol. The lowest BCUT2D eigenvalue weighted by atomic mass is 10.0. The Morgan fingerprint density at radius 3 is 3.05 bits per heavy atom. The van der Waals surface area contributed by atoms with Crippen LogP contribution in [0.15, 0.2) is 0 Å². The SMILES string of the molecule is CCCCn1nnnc1CN1CCCCC1CNC. The summed E-state index contributed by atoms with van der Waals surface area (Å²) in [5, 5.41) is 15.4. The number of unbranched alkanes of at least 4 members (excludes halogenated alkanes) is 1. The minimum Gasteiger partial charge on any atom is -0.318 e. The van der Waals surface area contributed by atoms with Crippen LogP contribution in [0.4, 0.5) is 0 Å². The number of likely N-dealkylation sites (tertiary alicyclic amines) is 1. The van der Waals surface area contributed by atoms with E-state index >= 15 is 0 Å². The summed E-state index contributed by atoms with van der Waals surface area (Å²) < 4.78 is 1.97. The summed E-state index contributed by atoms with van der Waals surface area (Å²) in [6.45, 7) is 6.22. The number of likely N-dealkylation sites (N-methyl/N-ethyl adjacent to an activating group) is 1. The fourth-order valence-corrected chi connectivity index (χ4v) is 2.73. The highest BCUT2D eigenvalue weighted by molar-refractivity contribution is 4.86. The summed E-state index contributed by atoms with van der Waals surface area (Å²) in [4.78, 5) is 2.52. The lowest BCUT2D eigenvalue weighted by molar-refractivity contribution is 0.133. The first-order chi connectivity index (χ1) is 9.35. The maximum Gasteiger partial charge on any atom is 0.165 e. The molecule has 0 aliphatic carbocycles. The zero-order valence-electron chi connectivity index (χ0n) is 12.2. The molecule has 2 rings (SSSR count). The van der Waals surface area contributed by atoms with Crippen LogP contribution in [0.2, 0.25) is 0 Å². The number of piperidine rings is 1. The third-order valence-corrected chi connectivity index (χ3v) is 3.86. The molecule has 1 aliphatic rings. The molecule has 0 spiro atoms. The molecule has 6 heteroatoms. The van der Waals surface area contributed by atoms with Gasteiger partial charge >= 0.3 is 0 Å². The standard InChI is InChI=1S/C13H26N6/c1-3-4-9-19-13(15-16-17-19)11-18-8-6-5-7-12(18)10-14-2/h12,14H,3-11H2,1-2H3. The molecule has 1 saturated heterocycles. The van der Waals surface area contributed by atoms with Crippen molar-refractivity contribution < 1.29 is 0 Å². The first kappa shape index (κ1) is 14.4. The summed E-state index contributed by atoms with van der Waals surface area (Å²) in [6, 6.07) is 0.620. The van der Waals surface area contributed by atoms with E-state index in [1.54, 1.807) is 0 Å². The second-order valence-electron chi connectivity index (χ2n) is 5.35. The van der Waals surface area contributed by atoms with Crippen LogP contribution < -0.4 is 5.32 Å². The highest BCUT2D eigenvalue weighted by Gasteiger charge is 2.23. The lowest BCUT2D eigenvalue weighted by Gasteiger charge is -2.35. The normalized spacial score (nSPS) is 20.8. The number of nitrogens with one attached hydrogen (secondary N) is 1. The van der Waals surface area contributed by atoms with E-state index in [-0.39, 0.29) is 0 Å². The van der Waals surface area contributed by atoms with Crippen molar-refractivity contribution in [2.75, 3.05) is 20.1 Å². The first-order valence-corrected chi connectivity index (χ1v) is 7.48. The van der Waals surface area contributed by atoms with Gasteiger partial charge in [-0.05, 0) is 43.3 Å². The van der Waals surface area contributed by atoms with Gasteiger partial charge < -0.3 is 5.32 Å². The molecule has 0 saturated carbocycles. The van der Waals surface area contributed by atoms with Crippen molar-refractivity contribution in [2.45, 2.75) is 58.2 Å². The zero-order valence-corrected chi connectivity index (χ0v) is 12.2. The fourth-order valence-electron chi connectivity index (χ4n) is 2.73. The molecular weight excluding hydrogens is 240 g/mol. The molecule has 6 nitrogen and oxygen atoms in total. The number of tetrazole rings is 1. The fraction of sp³-hybridized carbons (Fsp3) is 0.923. The van der Waals surface area contributed by atoms with Gasteiger partial charge in [-0.2, -0.15) is 0 Å². The van der Waals surface area contributed by atoms with Gasteiger partial charge in [-0.15, -0.1) is 5.10 Å². The van der Waals surface area contributed by atoms with Gasteiger partial charge in [0.05, 0.1) is 6.54 Å². The zero-order chi connectivity index (χ0) is 13.5. The quantitative estimate of drug-likeness (QED) is 0.799. The van der Waals surface area contributed by atoms with E-state index in [0.29, 0.717) is 6.04 Å². The topological polar surface area (TPSA) is 58.9 Å². The van der Waals surface area contributed by atoms with E-state index in [4.69, 9.17) is 0 Å². The van der Waals surface area contributed by atoms with Crippen LogP contribution in [0.1, 0.15) is 44.9 Å². The van der Waals surface area contributed by atoms with Gasteiger partial charge in [0.25, 0.3) is 0 Å². The molecule has 1 aliphatic heterocycles. The van der Waals surface area contributed by atoms with E-state index in [1.165, 1.54) is 25.7 Å². The van der Waals surface area contributed by atoms with Gasteiger partial charge in [-0.1, -0.05) is 19.8 Å². The molecular formula is C13H26N6. The van der Waals surface area contributed by atoms with Crippen LogP contribution >= 0.6 is 0 Å². The molecule has 108 valence electrons. The van der Waals surface area contributed by atoms with E-state index in [1.807, 2.05) is 11.7 Å². The molecule has 0 radical (unpaired) electrons. The third kappa shape index (κ3) is 3.98. The Morgan fingerprint density at radius 2 is 2.26 bits per heavy atom. The van der Waals surface area contributed by atoms with Crippen molar-refractivity contribution >= 4 is 0 Å². The maximum atomic E-state index is 4.20. The van der Waals surface area contributed by atoms with Crippen molar-refractivity contribution in [1.82, 2.24) is 30.4 Å². The minimum absolute atomic E-state index is 0.620. The molecule has 1 aromatic heterocycles. The third-order valence-electron chi connectivity index (χ3n) is 3.86. The summed E-state index contributed by atoms with van der Waals surface area (Å²) in [7, 11) is 2.03. The molecule has 0 aromatic carbocycles. The molecule has 0 bridgehead atoms. The highest BCUT2D eigenvalue weighted by atomic mass is 15.5. The van der Waals surface area contributed by atoms with Crippen molar-refractivity contribution in [3.05, 3.63) is 5.82 Å². The van der Waals surface area contributed by atoms with Crippen LogP contribution in [0, 0.1) is 0 Å². The Labute approximate surface area is 115 Å². The average molecular weight is 266 g/mol. The van der Waals surface area contributed by atoms with Gasteiger partial charge in [-0.25, -0.2) is 4.68 Å². The maximum absolute atomic E-state index is 4.20. The summed E-state index contributed by atoms with van der Waals surface area (Å²) in [5.74, 6) is 1.01. The molecule has 1 unspecified atom stereocenters. The first-order valence-electron chi connectivity index (χ1n) is 7.48. The summed E-state index contributed by atoms with van der Waals surface area (Å²) in [5.41, 5.74) is 0. The number of hydrogen-bond acceptors (Lipinski definition) is 5. The summed E-state index contributed by atoms with van der Waals surface area (Å²) in [6.07, 6.45) is 6.21. The van der Waals surface area contributed by atoms with Crippen LogP contribution in [-0.4, -0.2) is 51.3 Å². The molecule has 0 amide bonds. The van der Waals surface area contributed by atoms with Gasteiger partial charge in [0.15, 0.2) is 5.82 Å². The number of aromatic nitrogens is 4. The van der Waals surface area contributed by atoms with Crippen molar-refractivity contribution in [2.24, 2.45) is 0 Å². The summed E-state index contributed by atoms with van der Waals surface area (Å²) >= 11 is 0. The van der Waals surface area contributed by atoms with E-state index in [9.17, 15) is 0 Å². The second kappa shape index (κ2) is 7.55. The number of hydrogen-bond donors (Lipinski definition) is 1. The van der Waals surface area contributed by atoms with Crippen LogP contribution in [0.5, 0.6) is 0 Å². The molecule has 1 N–H and O–H groups in total. The van der Waals surface area contributed by atoms with Gasteiger partial charge in [0, 0.05) is 19.1 Å². The molecule has 1 atom stereocenters. The van der Waals surface area contributed by atoms with Crippen LogP contribution in [0.25, 0.3) is 0 Å². The second-order valence-corrected chi connectivity index (χ2v) is 5.35. The molecule has 19 heavy (non-hydrogen) atoms. The van der Waals surface area contributed by atoms with E-state index in [2.05, 4.69) is 32.7 Å². The van der Waals surface area contributed by atoms with E-state index in [0.717, 1.165) is 38.4 Å². The van der Waals surface area contributed by atoms with Gasteiger partial charge in [-0.3, -0.25) is 4.90 Å². The minimum atomic E-state index is 0.620. The van der Waals surface area contributed by atoms with Crippen molar-refractivity contribution in [3.63, 3.8) is 0 Å². The Balaban J connectivity index is 1.96. The van der Waals surface area contributed by atoms with Crippen LogP contribution in [0.3, 0.4) is 0 Å². The Hall–Kier alpha value is -1.01. The van der Waals surface area contributed by atoms with Crippen molar-refractivity contribution in [1.29, 1.82) is 0 Å². The number of nitrogens with zero attached hydrogens (tertiary/aromatic N) is 5. The Kier molecular flexibility index (Phi) is 5.72.